The average molecular weight is 179 g/mol. The Kier molecular flexibility index (Phi) is 4.20. The van der Waals surface area contributed by atoms with Crippen LogP contribution in [-0.2, 0) is 4.79 Å². The van der Waals surface area contributed by atoms with Crippen LogP contribution in [0.25, 0.3) is 0 Å². The molecule has 0 rings (SSSR count). The second kappa shape index (κ2) is 4.13. The quantitative estimate of drug-likeness (QED) is 0.530. The van der Waals surface area contributed by atoms with E-state index in [2.05, 4.69) is 5.32 Å². The van der Waals surface area contributed by atoms with Crippen molar-refractivity contribution in [2.75, 3.05) is 6.26 Å². The highest BCUT2D eigenvalue weighted by Gasteiger charge is 2.17. The van der Waals surface area contributed by atoms with Crippen molar-refractivity contribution in [2.24, 2.45) is 0 Å². The maximum Gasteiger partial charge on any atom is 0.217 e. The molecule has 0 aliphatic carbocycles. The zero-order chi connectivity index (χ0) is 8.20. The number of amides is 1. The van der Waals surface area contributed by atoms with Gasteiger partial charge in [0.25, 0.3) is 0 Å². The van der Waals surface area contributed by atoms with E-state index in [0.717, 1.165) is 0 Å². The number of hydrogen-bond acceptors (Lipinski definition) is 3. The van der Waals surface area contributed by atoms with E-state index >= 15 is 0 Å². The third-order valence-electron chi connectivity index (χ3n) is 0.769. The first-order valence-corrected chi connectivity index (χ1v) is 5.54. The summed E-state index contributed by atoms with van der Waals surface area (Å²) in [4.78, 5) is 10.5. The molecule has 0 aliphatic heterocycles. The Morgan fingerprint density at radius 1 is 1.50 bits per heavy atom. The van der Waals surface area contributed by atoms with Gasteiger partial charge < -0.3 is 5.32 Å². The van der Waals surface area contributed by atoms with E-state index < -0.39 is 0 Å². The van der Waals surface area contributed by atoms with Crippen LogP contribution in [0.5, 0.6) is 0 Å². The molecule has 0 fully saturated rings. The van der Waals surface area contributed by atoms with Gasteiger partial charge in [0.15, 0.2) is 0 Å². The molecular formula is C6H13NOS2. The smallest absolute Gasteiger partial charge is 0.217 e. The summed E-state index contributed by atoms with van der Waals surface area (Å²) >= 11 is 0. The van der Waals surface area contributed by atoms with Gasteiger partial charge in [0.05, 0.1) is 4.87 Å². The van der Waals surface area contributed by atoms with Crippen LogP contribution in [0.2, 0.25) is 0 Å². The van der Waals surface area contributed by atoms with E-state index in [9.17, 15) is 4.79 Å². The van der Waals surface area contributed by atoms with Crippen LogP contribution >= 0.6 is 21.6 Å². The van der Waals surface area contributed by atoms with Gasteiger partial charge in [-0.15, -0.1) is 0 Å². The lowest BCUT2D eigenvalue weighted by molar-refractivity contribution is -0.119. The molecule has 0 aromatic carbocycles. The second-order valence-corrected chi connectivity index (χ2v) is 5.46. The molecule has 0 aliphatic rings. The predicted octanol–water partition coefficient (Wildman–Crippen LogP) is 1.87. The highest BCUT2D eigenvalue weighted by Crippen LogP contribution is 2.30. The van der Waals surface area contributed by atoms with Gasteiger partial charge >= 0.3 is 0 Å². The SMILES string of the molecule is CSSC(C)(C)NC(C)=O. The van der Waals surface area contributed by atoms with E-state index in [-0.39, 0.29) is 10.8 Å². The molecule has 4 heteroatoms. The van der Waals surface area contributed by atoms with Crippen LogP contribution in [0.4, 0.5) is 0 Å². The van der Waals surface area contributed by atoms with Gasteiger partial charge in [0, 0.05) is 6.92 Å². The first kappa shape index (κ1) is 10.2. The Bertz CT molecular complexity index is 125. The Hall–Kier alpha value is 0.170. The van der Waals surface area contributed by atoms with E-state index in [1.165, 1.54) is 6.92 Å². The van der Waals surface area contributed by atoms with E-state index in [1.54, 1.807) is 21.6 Å². The molecule has 0 radical (unpaired) electrons. The fourth-order valence-electron chi connectivity index (χ4n) is 0.653. The van der Waals surface area contributed by atoms with Gasteiger partial charge in [0.1, 0.15) is 0 Å². The van der Waals surface area contributed by atoms with Crippen molar-refractivity contribution in [2.45, 2.75) is 25.6 Å². The van der Waals surface area contributed by atoms with Crippen molar-refractivity contribution in [1.82, 2.24) is 5.32 Å². The van der Waals surface area contributed by atoms with Gasteiger partial charge in [-0.3, -0.25) is 4.79 Å². The molecule has 10 heavy (non-hydrogen) atoms. The normalized spacial score (nSPS) is 11.2. The van der Waals surface area contributed by atoms with E-state index in [0.29, 0.717) is 0 Å². The summed E-state index contributed by atoms with van der Waals surface area (Å²) in [5, 5.41) is 2.82. The van der Waals surface area contributed by atoms with Crippen molar-refractivity contribution in [1.29, 1.82) is 0 Å². The summed E-state index contributed by atoms with van der Waals surface area (Å²) in [6.07, 6.45) is 1.99. The van der Waals surface area contributed by atoms with Crippen LogP contribution < -0.4 is 5.32 Å². The van der Waals surface area contributed by atoms with E-state index in [1.807, 2.05) is 20.1 Å². The molecule has 2 nitrogen and oxygen atoms in total. The maximum absolute atomic E-state index is 10.6. The summed E-state index contributed by atoms with van der Waals surface area (Å²) in [5.41, 5.74) is 0. The van der Waals surface area contributed by atoms with Crippen molar-refractivity contribution in [3.05, 3.63) is 0 Å². The number of rotatable bonds is 3. The van der Waals surface area contributed by atoms with Gasteiger partial charge in [-0.2, -0.15) is 0 Å². The number of nitrogens with one attached hydrogen (secondary N) is 1. The Morgan fingerprint density at radius 2 is 2.00 bits per heavy atom. The highest BCUT2D eigenvalue weighted by atomic mass is 33.1. The number of carbonyl (C=O) groups is 1. The van der Waals surface area contributed by atoms with Gasteiger partial charge in [-0.1, -0.05) is 21.6 Å². The molecule has 60 valence electrons. The monoisotopic (exact) mass is 179 g/mol. The van der Waals surface area contributed by atoms with Crippen molar-refractivity contribution in [3.8, 4) is 0 Å². The fourth-order valence-corrected chi connectivity index (χ4v) is 2.63. The summed E-state index contributed by atoms with van der Waals surface area (Å²) in [7, 11) is 3.30. The summed E-state index contributed by atoms with van der Waals surface area (Å²) in [5.74, 6) is 0.0200. The molecule has 0 saturated carbocycles. The Morgan fingerprint density at radius 3 is 2.30 bits per heavy atom. The van der Waals surface area contributed by atoms with Crippen LogP contribution in [0.3, 0.4) is 0 Å². The lowest BCUT2D eigenvalue weighted by Gasteiger charge is -2.22. The minimum Gasteiger partial charge on any atom is -0.342 e. The topological polar surface area (TPSA) is 29.1 Å². The molecule has 0 spiro atoms. The zero-order valence-corrected chi connectivity index (χ0v) is 8.36. The van der Waals surface area contributed by atoms with Crippen molar-refractivity contribution >= 4 is 27.5 Å². The van der Waals surface area contributed by atoms with Crippen molar-refractivity contribution < 1.29 is 4.79 Å². The molecule has 0 heterocycles. The predicted molar refractivity (Wildman–Crippen MR) is 49.0 cm³/mol. The maximum atomic E-state index is 10.6. The standard InChI is InChI=1S/C6H13NOS2/c1-5(8)7-6(2,3)10-9-4/h1-4H3,(H,7,8). The lowest BCUT2D eigenvalue weighted by Crippen LogP contribution is -2.38. The largest absolute Gasteiger partial charge is 0.342 e. The summed E-state index contributed by atoms with van der Waals surface area (Å²) in [6, 6.07) is 0. The first-order chi connectivity index (χ1) is 4.48. The molecule has 0 saturated heterocycles. The average Bonchev–Trinajstić information content (AvgIpc) is 1.59. The summed E-state index contributed by atoms with van der Waals surface area (Å²) in [6.45, 7) is 5.49. The molecule has 1 amide bonds. The fraction of sp³-hybridized carbons (Fsp3) is 0.833. The van der Waals surface area contributed by atoms with Crippen LogP contribution in [0.1, 0.15) is 20.8 Å². The number of carbonyl (C=O) groups excluding carboxylic acids is 1. The highest BCUT2D eigenvalue weighted by molar-refractivity contribution is 8.76. The molecule has 0 aromatic heterocycles. The van der Waals surface area contributed by atoms with Gasteiger partial charge in [-0.25, -0.2) is 0 Å². The van der Waals surface area contributed by atoms with Crippen LogP contribution in [0.15, 0.2) is 0 Å². The molecular weight excluding hydrogens is 166 g/mol. The Balaban J connectivity index is 3.74. The van der Waals surface area contributed by atoms with Crippen LogP contribution in [0, 0.1) is 0 Å². The number of hydrogen-bond donors (Lipinski definition) is 1. The molecule has 0 unspecified atom stereocenters. The minimum absolute atomic E-state index is 0.0200. The first-order valence-electron chi connectivity index (χ1n) is 2.98. The Labute approximate surface area is 69.9 Å². The van der Waals surface area contributed by atoms with Crippen molar-refractivity contribution in [3.63, 3.8) is 0 Å². The third kappa shape index (κ3) is 4.99. The minimum atomic E-state index is -0.148. The molecule has 0 bridgehead atoms. The molecule has 0 aromatic rings. The van der Waals surface area contributed by atoms with Gasteiger partial charge in [0.2, 0.25) is 5.91 Å². The van der Waals surface area contributed by atoms with Crippen LogP contribution in [-0.4, -0.2) is 17.0 Å². The zero-order valence-electron chi connectivity index (χ0n) is 6.72. The van der Waals surface area contributed by atoms with E-state index in [4.69, 9.17) is 0 Å². The summed E-state index contributed by atoms with van der Waals surface area (Å²) < 4.78 is 0. The van der Waals surface area contributed by atoms with Gasteiger partial charge in [-0.05, 0) is 20.1 Å². The molecule has 0 atom stereocenters. The lowest BCUT2D eigenvalue weighted by atomic mass is 10.4. The molecule has 1 N–H and O–H groups in total. The third-order valence-corrected chi connectivity index (χ3v) is 3.20. The second-order valence-electron chi connectivity index (χ2n) is 2.44.